The van der Waals surface area contributed by atoms with Crippen LogP contribution in [0.4, 0.5) is 13.2 Å². The van der Waals surface area contributed by atoms with Gasteiger partial charge in [-0.05, 0) is 55.0 Å². The standard InChI is InChI=1S/C29H31ClF3N5O2/c1-17-12-18(14-35-25(17)19-6-9-21(10-7-19)37(5)27(40)28(2,3)4)13-23(39)22-16-36-38(26(22)30)24-11-8-20(15-34-24)29(31,32)33/h6,8,11-12,14-16,21H,7,9-10,13H2,1-5H3. The van der Waals surface area contributed by atoms with Crippen molar-refractivity contribution in [2.75, 3.05) is 7.05 Å². The molecule has 11 heteroatoms. The molecule has 0 N–H and O–H groups in total. The minimum atomic E-state index is -4.51. The van der Waals surface area contributed by atoms with E-state index in [9.17, 15) is 22.8 Å². The molecule has 3 aromatic rings. The minimum Gasteiger partial charge on any atom is -0.342 e. The Labute approximate surface area is 236 Å². The Morgan fingerprint density at radius 1 is 1.12 bits per heavy atom. The minimum absolute atomic E-state index is 0.0286. The lowest BCUT2D eigenvalue weighted by Gasteiger charge is -2.35. The highest BCUT2D eigenvalue weighted by atomic mass is 35.5. The molecule has 1 atom stereocenters. The molecular formula is C29H31ClF3N5O2. The second-order valence-electron chi connectivity index (χ2n) is 11.1. The van der Waals surface area contributed by atoms with Gasteiger partial charge in [0.1, 0.15) is 5.15 Å². The number of aryl methyl sites for hydroxylation is 1. The van der Waals surface area contributed by atoms with Crippen molar-refractivity contribution in [3.05, 3.63) is 76.0 Å². The summed E-state index contributed by atoms with van der Waals surface area (Å²) in [6, 6.07) is 4.09. The highest BCUT2D eigenvalue weighted by Gasteiger charge is 2.32. The number of halogens is 4. The van der Waals surface area contributed by atoms with Gasteiger partial charge in [0, 0.05) is 37.3 Å². The predicted molar refractivity (Wildman–Crippen MR) is 146 cm³/mol. The molecule has 1 amide bonds. The maximum atomic E-state index is 13.0. The fraction of sp³-hybridized carbons (Fsp3) is 0.414. The number of aromatic nitrogens is 4. The monoisotopic (exact) mass is 573 g/mol. The van der Waals surface area contributed by atoms with Crippen molar-refractivity contribution in [1.82, 2.24) is 24.6 Å². The second-order valence-corrected chi connectivity index (χ2v) is 11.5. The average molecular weight is 574 g/mol. The van der Waals surface area contributed by atoms with E-state index in [-0.39, 0.29) is 40.7 Å². The van der Waals surface area contributed by atoms with Crippen molar-refractivity contribution in [2.45, 2.75) is 65.6 Å². The molecule has 212 valence electrons. The zero-order valence-electron chi connectivity index (χ0n) is 23.0. The molecule has 7 nitrogen and oxygen atoms in total. The summed E-state index contributed by atoms with van der Waals surface area (Å²) >= 11 is 6.36. The first-order chi connectivity index (χ1) is 18.7. The van der Waals surface area contributed by atoms with E-state index in [0.717, 1.165) is 52.9 Å². The number of pyridine rings is 2. The molecule has 0 bridgehead atoms. The number of carbonyl (C=O) groups is 2. The highest BCUT2D eigenvalue weighted by molar-refractivity contribution is 6.33. The summed E-state index contributed by atoms with van der Waals surface area (Å²) < 4.78 is 39.6. The first-order valence-electron chi connectivity index (χ1n) is 12.9. The van der Waals surface area contributed by atoms with E-state index < -0.39 is 17.2 Å². The SMILES string of the molecule is Cc1cc(CC(=O)c2cnn(-c3ccc(C(F)(F)F)cn3)c2Cl)cnc1C1=CCC(N(C)C(=O)C(C)(C)C)CC1. The summed E-state index contributed by atoms with van der Waals surface area (Å²) in [5.41, 5.74) is 2.45. The highest BCUT2D eigenvalue weighted by Crippen LogP contribution is 2.32. The Morgan fingerprint density at radius 3 is 2.40 bits per heavy atom. The van der Waals surface area contributed by atoms with Crippen LogP contribution in [0, 0.1) is 12.3 Å². The molecule has 0 saturated heterocycles. The molecule has 1 unspecified atom stereocenters. The molecule has 40 heavy (non-hydrogen) atoms. The fourth-order valence-electron chi connectivity index (χ4n) is 4.79. The third-order valence-corrected chi connectivity index (χ3v) is 7.36. The largest absolute Gasteiger partial charge is 0.417 e. The van der Waals surface area contributed by atoms with Gasteiger partial charge in [0.25, 0.3) is 0 Å². The summed E-state index contributed by atoms with van der Waals surface area (Å²) in [5.74, 6) is -0.113. The Hall–Kier alpha value is -3.53. The van der Waals surface area contributed by atoms with Crippen molar-refractivity contribution in [3.63, 3.8) is 0 Å². The van der Waals surface area contributed by atoms with Crippen molar-refractivity contribution in [3.8, 4) is 5.82 Å². The molecular weight excluding hydrogens is 543 g/mol. The van der Waals surface area contributed by atoms with Crippen LogP contribution < -0.4 is 0 Å². The predicted octanol–water partition coefficient (Wildman–Crippen LogP) is 6.51. The van der Waals surface area contributed by atoms with Crippen molar-refractivity contribution < 1.29 is 22.8 Å². The summed E-state index contributed by atoms with van der Waals surface area (Å²) in [4.78, 5) is 35.9. The molecule has 3 aromatic heterocycles. The zero-order valence-corrected chi connectivity index (χ0v) is 23.8. The fourth-order valence-corrected chi connectivity index (χ4v) is 5.07. The molecule has 0 saturated carbocycles. The van der Waals surface area contributed by atoms with Gasteiger partial charge in [-0.1, -0.05) is 44.5 Å². The molecule has 0 fully saturated rings. The van der Waals surface area contributed by atoms with E-state index in [1.54, 1.807) is 6.20 Å². The van der Waals surface area contributed by atoms with E-state index in [0.29, 0.717) is 11.8 Å². The summed E-state index contributed by atoms with van der Waals surface area (Å²) in [6.45, 7) is 7.71. The van der Waals surface area contributed by atoms with Gasteiger partial charge in [-0.15, -0.1) is 0 Å². The van der Waals surface area contributed by atoms with E-state index in [4.69, 9.17) is 11.6 Å². The lowest BCUT2D eigenvalue weighted by atomic mass is 9.88. The van der Waals surface area contributed by atoms with Crippen LogP contribution in [-0.4, -0.2) is 49.4 Å². The van der Waals surface area contributed by atoms with Crippen LogP contribution in [0.15, 0.2) is 42.9 Å². The number of allylic oxidation sites excluding steroid dienone is 1. The maximum Gasteiger partial charge on any atom is 0.417 e. The van der Waals surface area contributed by atoms with E-state index in [1.807, 2.05) is 45.7 Å². The molecule has 4 rings (SSSR count). The number of alkyl halides is 3. The number of ketones is 1. The molecule has 0 spiro atoms. The van der Waals surface area contributed by atoms with Crippen LogP contribution >= 0.6 is 11.6 Å². The summed E-state index contributed by atoms with van der Waals surface area (Å²) in [7, 11) is 1.86. The van der Waals surface area contributed by atoms with Gasteiger partial charge in [0.15, 0.2) is 11.6 Å². The molecule has 0 aromatic carbocycles. The van der Waals surface area contributed by atoms with Gasteiger partial charge in [-0.2, -0.15) is 18.3 Å². The van der Waals surface area contributed by atoms with E-state index in [1.165, 1.54) is 6.20 Å². The first-order valence-corrected chi connectivity index (χ1v) is 13.3. The van der Waals surface area contributed by atoms with E-state index >= 15 is 0 Å². The number of hydrogen-bond donors (Lipinski definition) is 0. The van der Waals surface area contributed by atoms with Gasteiger partial charge >= 0.3 is 6.18 Å². The quantitative estimate of drug-likeness (QED) is 0.314. The van der Waals surface area contributed by atoms with Gasteiger partial charge < -0.3 is 4.90 Å². The number of rotatable bonds is 6. The van der Waals surface area contributed by atoms with Crippen LogP contribution in [0.3, 0.4) is 0 Å². The molecule has 0 aliphatic heterocycles. The topological polar surface area (TPSA) is 81.0 Å². The van der Waals surface area contributed by atoms with Crippen LogP contribution in [0.2, 0.25) is 5.15 Å². The smallest absolute Gasteiger partial charge is 0.342 e. The first kappa shape index (κ1) is 29.5. The average Bonchev–Trinajstić information content (AvgIpc) is 3.28. The van der Waals surface area contributed by atoms with Gasteiger partial charge in [0.05, 0.1) is 23.0 Å². The third-order valence-electron chi connectivity index (χ3n) is 7.00. The third kappa shape index (κ3) is 6.27. The van der Waals surface area contributed by atoms with Gasteiger partial charge in [0.2, 0.25) is 5.91 Å². The number of carbonyl (C=O) groups excluding carboxylic acids is 2. The maximum absolute atomic E-state index is 13.0. The Balaban J connectivity index is 1.44. The van der Waals surface area contributed by atoms with Crippen molar-refractivity contribution in [2.24, 2.45) is 5.41 Å². The van der Waals surface area contributed by atoms with Gasteiger partial charge in [-0.3, -0.25) is 14.6 Å². The Kier molecular flexibility index (Phi) is 8.21. The summed E-state index contributed by atoms with van der Waals surface area (Å²) in [5, 5.41) is 4.02. The molecule has 1 aliphatic carbocycles. The summed E-state index contributed by atoms with van der Waals surface area (Å²) in [6.07, 6.45) is 3.70. The Morgan fingerprint density at radius 2 is 1.85 bits per heavy atom. The van der Waals surface area contributed by atoms with Crippen LogP contribution in [0.1, 0.15) is 72.8 Å². The number of hydrogen-bond acceptors (Lipinski definition) is 5. The molecule has 0 radical (unpaired) electrons. The lowest BCUT2D eigenvalue weighted by Crippen LogP contribution is -2.43. The Bertz CT molecular complexity index is 1460. The van der Waals surface area contributed by atoms with Crippen LogP contribution in [0.25, 0.3) is 11.4 Å². The molecule has 3 heterocycles. The number of amides is 1. The van der Waals surface area contributed by atoms with Crippen molar-refractivity contribution >= 4 is 28.9 Å². The normalized spacial score (nSPS) is 16.0. The van der Waals surface area contributed by atoms with Crippen LogP contribution in [0.5, 0.6) is 0 Å². The zero-order chi connectivity index (χ0) is 29.4. The number of Topliss-reactive ketones (excluding diaryl/α,β-unsaturated/α-hetero) is 1. The van der Waals surface area contributed by atoms with Crippen molar-refractivity contribution in [1.29, 1.82) is 0 Å². The number of nitrogens with zero attached hydrogens (tertiary/aromatic N) is 5. The van der Waals surface area contributed by atoms with Gasteiger partial charge in [-0.25, -0.2) is 9.67 Å². The molecule has 1 aliphatic rings. The second kappa shape index (κ2) is 11.2. The lowest BCUT2D eigenvalue weighted by molar-refractivity contribution is -0.140. The van der Waals surface area contributed by atoms with E-state index in [2.05, 4.69) is 21.1 Å². The van der Waals surface area contributed by atoms with Crippen LogP contribution in [-0.2, 0) is 17.4 Å².